The van der Waals surface area contributed by atoms with E-state index < -0.39 is 23.5 Å². The first-order valence-electron chi connectivity index (χ1n) is 10.1. The molecule has 1 aromatic heterocycles. The van der Waals surface area contributed by atoms with Crippen LogP contribution in [-0.2, 0) is 9.59 Å². The SMILES string of the molecule is COc1cccc(C(O)=C2C(=O)C(=O)N(c3nc4ccc(F)cc4s3)C2c2ccc(Cl)cc2)c1. The Morgan fingerprint density at radius 1 is 1.12 bits per heavy atom. The molecule has 0 spiro atoms. The summed E-state index contributed by atoms with van der Waals surface area (Å²) < 4.78 is 19.5. The van der Waals surface area contributed by atoms with E-state index in [2.05, 4.69) is 4.98 Å². The fraction of sp³-hybridized carbons (Fsp3) is 0.0800. The Balaban J connectivity index is 1.73. The van der Waals surface area contributed by atoms with Gasteiger partial charge in [-0.3, -0.25) is 14.5 Å². The lowest BCUT2D eigenvalue weighted by Gasteiger charge is -2.23. The van der Waals surface area contributed by atoms with Crippen molar-refractivity contribution in [1.82, 2.24) is 4.98 Å². The molecule has 1 amide bonds. The molecule has 1 atom stereocenters. The number of aromatic nitrogens is 1. The lowest BCUT2D eigenvalue weighted by Crippen LogP contribution is -2.29. The van der Waals surface area contributed by atoms with E-state index in [9.17, 15) is 19.1 Å². The van der Waals surface area contributed by atoms with Crippen molar-refractivity contribution in [3.63, 3.8) is 0 Å². The van der Waals surface area contributed by atoms with Crippen LogP contribution in [0.25, 0.3) is 16.0 Å². The summed E-state index contributed by atoms with van der Waals surface area (Å²) in [5, 5.41) is 11.9. The minimum atomic E-state index is -0.964. The molecule has 1 unspecified atom stereocenters. The molecule has 34 heavy (non-hydrogen) atoms. The van der Waals surface area contributed by atoms with Crippen LogP contribution in [0.4, 0.5) is 9.52 Å². The Kier molecular flexibility index (Phi) is 5.55. The van der Waals surface area contributed by atoms with Crippen molar-refractivity contribution >= 4 is 55.7 Å². The Hall–Kier alpha value is -3.75. The molecule has 1 aliphatic rings. The number of ketones is 1. The molecule has 3 aromatic carbocycles. The van der Waals surface area contributed by atoms with Gasteiger partial charge in [0, 0.05) is 10.6 Å². The third kappa shape index (κ3) is 3.70. The third-order valence-corrected chi connectivity index (χ3v) is 6.79. The minimum absolute atomic E-state index is 0.0917. The monoisotopic (exact) mass is 494 g/mol. The zero-order chi connectivity index (χ0) is 24.0. The van der Waals surface area contributed by atoms with Crippen molar-refractivity contribution in [2.24, 2.45) is 0 Å². The van der Waals surface area contributed by atoms with Crippen LogP contribution < -0.4 is 9.64 Å². The van der Waals surface area contributed by atoms with E-state index in [0.29, 0.717) is 32.1 Å². The van der Waals surface area contributed by atoms with Crippen LogP contribution in [0.2, 0.25) is 5.02 Å². The smallest absolute Gasteiger partial charge is 0.301 e. The van der Waals surface area contributed by atoms with Crippen molar-refractivity contribution in [3.8, 4) is 5.75 Å². The Bertz CT molecular complexity index is 1480. The number of carbonyl (C=O) groups is 2. The minimum Gasteiger partial charge on any atom is -0.507 e. The summed E-state index contributed by atoms with van der Waals surface area (Å²) in [4.78, 5) is 32.2. The molecule has 4 aromatic rings. The van der Waals surface area contributed by atoms with Gasteiger partial charge >= 0.3 is 5.91 Å². The maximum absolute atomic E-state index is 13.7. The topological polar surface area (TPSA) is 79.7 Å². The number of aliphatic hydroxyl groups is 1. The fourth-order valence-electron chi connectivity index (χ4n) is 3.91. The second kappa shape index (κ2) is 8.55. The van der Waals surface area contributed by atoms with Crippen LogP contribution in [0.15, 0.2) is 72.3 Å². The number of amides is 1. The summed E-state index contributed by atoms with van der Waals surface area (Å²) in [5.41, 5.74) is 1.28. The van der Waals surface area contributed by atoms with Gasteiger partial charge in [0.25, 0.3) is 5.78 Å². The second-order valence-corrected chi connectivity index (χ2v) is 9.01. The zero-order valence-corrected chi connectivity index (χ0v) is 19.2. The van der Waals surface area contributed by atoms with Gasteiger partial charge in [-0.2, -0.15) is 0 Å². The van der Waals surface area contributed by atoms with Gasteiger partial charge in [0.2, 0.25) is 0 Å². The first kappa shape index (κ1) is 22.1. The molecule has 1 saturated heterocycles. The summed E-state index contributed by atoms with van der Waals surface area (Å²) in [6.07, 6.45) is 0. The van der Waals surface area contributed by atoms with Crippen LogP contribution in [0.1, 0.15) is 17.2 Å². The van der Waals surface area contributed by atoms with Gasteiger partial charge in [-0.25, -0.2) is 9.37 Å². The molecule has 0 bridgehead atoms. The van der Waals surface area contributed by atoms with Gasteiger partial charge in [-0.1, -0.05) is 47.2 Å². The molecule has 0 aliphatic carbocycles. The van der Waals surface area contributed by atoms with Gasteiger partial charge in [-0.15, -0.1) is 0 Å². The van der Waals surface area contributed by atoms with Crippen molar-refractivity contribution in [2.45, 2.75) is 6.04 Å². The summed E-state index contributed by atoms with van der Waals surface area (Å²) in [5.74, 6) is -1.99. The normalized spacial score (nSPS) is 17.5. The molecular formula is C25H16ClFN2O4S. The van der Waals surface area contributed by atoms with Crippen LogP contribution in [0.5, 0.6) is 5.75 Å². The van der Waals surface area contributed by atoms with E-state index >= 15 is 0 Å². The van der Waals surface area contributed by atoms with Crippen molar-refractivity contribution < 1.29 is 23.8 Å². The number of anilines is 1. The standard InChI is InChI=1S/C25H16ClFN2O4S/c1-33-17-4-2-3-14(11-17)22(30)20-21(13-5-7-15(26)8-6-13)29(24(32)23(20)31)25-28-18-10-9-16(27)12-19(18)34-25/h2-12,21,30H,1H3. The highest BCUT2D eigenvalue weighted by Crippen LogP contribution is 2.44. The number of carbonyl (C=O) groups excluding carboxylic acids is 2. The van der Waals surface area contributed by atoms with Gasteiger partial charge in [0.15, 0.2) is 5.13 Å². The van der Waals surface area contributed by atoms with Crippen molar-refractivity contribution in [2.75, 3.05) is 12.0 Å². The van der Waals surface area contributed by atoms with E-state index in [1.807, 2.05) is 0 Å². The molecule has 1 N–H and O–H groups in total. The number of benzene rings is 3. The number of aliphatic hydroxyl groups excluding tert-OH is 1. The number of nitrogens with zero attached hydrogens (tertiary/aromatic N) is 2. The predicted octanol–water partition coefficient (Wildman–Crippen LogP) is 5.72. The van der Waals surface area contributed by atoms with Crippen LogP contribution in [-0.4, -0.2) is 28.9 Å². The number of hydrogen-bond acceptors (Lipinski definition) is 6. The van der Waals surface area contributed by atoms with E-state index in [-0.39, 0.29) is 16.5 Å². The van der Waals surface area contributed by atoms with E-state index in [1.54, 1.807) is 48.5 Å². The van der Waals surface area contributed by atoms with Gasteiger partial charge < -0.3 is 9.84 Å². The average Bonchev–Trinajstić information content (AvgIpc) is 3.37. The van der Waals surface area contributed by atoms with Crippen LogP contribution in [0, 0.1) is 5.82 Å². The molecule has 0 radical (unpaired) electrons. The first-order chi connectivity index (χ1) is 16.4. The fourth-order valence-corrected chi connectivity index (χ4v) is 5.05. The molecule has 1 fully saturated rings. The van der Waals surface area contributed by atoms with Crippen molar-refractivity contribution in [1.29, 1.82) is 0 Å². The highest BCUT2D eigenvalue weighted by Gasteiger charge is 2.48. The van der Waals surface area contributed by atoms with E-state index in [0.717, 1.165) is 11.3 Å². The second-order valence-electron chi connectivity index (χ2n) is 7.56. The maximum Gasteiger partial charge on any atom is 0.301 e. The number of halogens is 2. The number of fused-ring (bicyclic) bond motifs is 1. The predicted molar refractivity (Wildman–Crippen MR) is 129 cm³/mol. The quantitative estimate of drug-likeness (QED) is 0.223. The number of Topliss-reactive ketones (excluding diaryl/α,β-unsaturated/α-hetero) is 1. The van der Waals surface area contributed by atoms with Crippen LogP contribution >= 0.6 is 22.9 Å². The van der Waals surface area contributed by atoms with Gasteiger partial charge in [0.1, 0.15) is 17.3 Å². The number of hydrogen-bond donors (Lipinski definition) is 1. The number of ether oxygens (including phenoxy) is 1. The zero-order valence-electron chi connectivity index (χ0n) is 17.7. The summed E-state index contributed by atoms with van der Waals surface area (Å²) in [6, 6.07) is 16.3. The largest absolute Gasteiger partial charge is 0.507 e. The molecule has 0 saturated carbocycles. The number of methoxy groups -OCH3 is 1. The summed E-state index contributed by atoms with van der Waals surface area (Å²) in [6.45, 7) is 0. The molecule has 9 heteroatoms. The molecule has 170 valence electrons. The number of rotatable bonds is 4. The van der Waals surface area contributed by atoms with E-state index in [4.69, 9.17) is 16.3 Å². The molecule has 6 nitrogen and oxygen atoms in total. The van der Waals surface area contributed by atoms with Crippen LogP contribution in [0.3, 0.4) is 0 Å². The summed E-state index contributed by atoms with van der Waals surface area (Å²) >= 11 is 7.14. The average molecular weight is 495 g/mol. The van der Waals surface area contributed by atoms with Gasteiger partial charge in [-0.05, 0) is 48.0 Å². The van der Waals surface area contributed by atoms with Gasteiger partial charge in [0.05, 0.1) is 28.9 Å². The first-order valence-corrected chi connectivity index (χ1v) is 11.3. The van der Waals surface area contributed by atoms with E-state index in [1.165, 1.54) is 30.2 Å². The molecule has 5 rings (SSSR count). The Morgan fingerprint density at radius 2 is 1.88 bits per heavy atom. The Morgan fingerprint density at radius 3 is 2.62 bits per heavy atom. The van der Waals surface area contributed by atoms with Crippen molar-refractivity contribution in [3.05, 3.63) is 94.3 Å². The lowest BCUT2D eigenvalue weighted by molar-refractivity contribution is -0.132. The molecule has 2 heterocycles. The third-order valence-electron chi connectivity index (χ3n) is 5.52. The lowest BCUT2D eigenvalue weighted by atomic mass is 9.95. The maximum atomic E-state index is 13.7. The highest BCUT2D eigenvalue weighted by atomic mass is 35.5. The highest BCUT2D eigenvalue weighted by molar-refractivity contribution is 7.22. The molecular weight excluding hydrogens is 479 g/mol. The number of thiazole rings is 1. The Labute approximate surface area is 202 Å². The summed E-state index contributed by atoms with van der Waals surface area (Å²) in [7, 11) is 1.49. The molecule has 1 aliphatic heterocycles.